The van der Waals surface area contributed by atoms with Gasteiger partial charge in [0.1, 0.15) is 12.4 Å². The molecule has 2 heterocycles. The molecule has 0 radical (unpaired) electrons. The number of halogens is 1. The van der Waals surface area contributed by atoms with Crippen molar-refractivity contribution < 1.29 is 14.3 Å². The van der Waals surface area contributed by atoms with Crippen molar-refractivity contribution in [3.05, 3.63) is 65.3 Å². The summed E-state index contributed by atoms with van der Waals surface area (Å²) < 4.78 is 13.5. The fraction of sp³-hybridized carbons (Fsp3) is 0.385. The van der Waals surface area contributed by atoms with Crippen molar-refractivity contribution in [3.8, 4) is 17.0 Å². The molecule has 1 saturated heterocycles. The largest absolute Gasteiger partial charge is 0.492 e. The van der Waals surface area contributed by atoms with Crippen molar-refractivity contribution in [1.29, 1.82) is 0 Å². The van der Waals surface area contributed by atoms with Gasteiger partial charge in [0.2, 0.25) is 5.91 Å². The van der Waals surface area contributed by atoms with Crippen LogP contribution in [0.2, 0.25) is 5.02 Å². The number of rotatable bonds is 9. The van der Waals surface area contributed by atoms with Gasteiger partial charge in [-0.05, 0) is 54.8 Å². The van der Waals surface area contributed by atoms with Gasteiger partial charge in [-0.2, -0.15) is 5.10 Å². The van der Waals surface area contributed by atoms with Crippen LogP contribution in [-0.2, 0) is 23.0 Å². The Labute approximate surface area is 205 Å². The number of carbonyl (C=O) groups is 1. The van der Waals surface area contributed by atoms with Crippen LogP contribution in [0.1, 0.15) is 18.4 Å². The van der Waals surface area contributed by atoms with E-state index < -0.39 is 0 Å². The van der Waals surface area contributed by atoms with Gasteiger partial charge >= 0.3 is 0 Å². The maximum atomic E-state index is 12.6. The molecule has 0 spiro atoms. The molecule has 1 aliphatic rings. The van der Waals surface area contributed by atoms with E-state index in [1.54, 1.807) is 30.1 Å². The lowest BCUT2D eigenvalue weighted by atomic mass is 10.1. The standard InChI is InChI=1S/C26H31ClN4O3/c1-30-24(9-12-28-30)23-18-21(29-26(32)17-19-3-5-20(27)6-4-19)7-8-25(23)34-16-15-31-13-10-22(33-2)11-14-31/h3-9,12,18,22H,10-11,13-17H2,1-2H3,(H,29,32). The van der Waals surface area contributed by atoms with Gasteiger partial charge in [0, 0.05) is 56.3 Å². The topological polar surface area (TPSA) is 68.6 Å². The molecule has 0 aliphatic carbocycles. The number of methoxy groups -OCH3 is 1. The highest BCUT2D eigenvalue weighted by atomic mass is 35.5. The molecule has 7 nitrogen and oxygen atoms in total. The summed E-state index contributed by atoms with van der Waals surface area (Å²) in [7, 11) is 3.68. The molecule has 0 saturated carbocycles. The van der Waals surface area contributed by atoms with Crippen LogP contribution >= 0.6 is 11.6 Å². The number of hydrogen-bond acceptors (Lipinski definition) is 5. The molecular weight excluding hydrogens is 452 g/mol. The minimum absolute atomic E-state index is 0.0913. The number of nitrogens with one attached hydrogen (secondary N) is 1. The Balaban J connectivity index is 1.42. The lowest BCUT2D eigenvalue weighted by molar-refractivity contribution is -0.115. The Morgan fingerprint density at radius 3 is 2.59 bits per heavy atom. The van der Waals surface area contributed by atoms with Crippen LogP contribution in [0.25, 0.3) is 11.3 Å². The molecular formula is C26H31ClN4O3. The van der Waals surface area contributed by atoms with Crippen molar-refractivity contribution in [2.24, 2.45) is 7.05 Å². The third kappa shape index (κ3) is 6.38. The van der Waals surface area contributed by atoms with Crippen molar-refractivity contribution in [1.82, 2.24) is 14.7 Å². The SMILES string of the molecule is COC1CCN(CCOc2ccc(NC(=O)Cc3ccc(Cl)cc3)cc2-c2ccnn2C)CC1. The monoisotopic (exact) mass is 482 g/mol. The summed E-state index contributed by atoms with van der Waals surface area (Å²) in [4.78, 5) is 15.0. The van der Waals surface area contributed by atoms with Crippen LogP contribution in [0.5, 0.6) is 5.75 Å². The molecule has 180 valence electrons. The number of aryl methyl sites for hydroxylation is 1. The first-order valence-electron chi connectivity index (χ1n) is 11.6. The molecule has 1 amide bonds. The van der Waals surface area contributed by atoms with E-state index in [0.717, 1.165) is 55.0 Å². The van der Waals surface area contributed by atoms with Crippen LogP contribution in [0.15, 0.2) is 54.7 Å². The molecule has 34 heavy (non-hydrogen) atoms. The first-order chi connectivity index (χ1) is 16.5. The summed E-state index contributed by atoms with van der Waals surface area (Å²) >= 11 is 5.94. The Morgan fingerprint density at radius 1 is 1.15 bits per heavy atom. The van der Waals surface area contributed by atoms with E-state index in [2.05, 4.69) is 15.3 Å². The number of benzene rings is 2. The average molecular weight is 483 g/mol. The van der Waals surface area contributed by atoms with Gasteiger partial charge in [0.25, 0.3) is 0 Å². The quantitative estimate of drug-likeness (QED) is 0.489. The van der Waals surface area contributed by atoms with Crippen LogP contribution < -0.4 is 10.1 Å². The molecule has 3 aromatic rings. The molecule has 1 N–H and O–H groups in total. The second-order valence-corrected chi connectivity index (χ2v) is 8.96. The number of anilines is 1. The molecule has 0 atom stereocenters. The Kier molecular flexibility index (Phi) is 8.21. The second kappa shape index (κ2) is 11.5. The number of aromatic nitrogens is 2. The first kappa shape index (κ1) is 24.3. The lowest BCUT2D eigenvalue weighted by Crippen LogP contribution is -2.38. The smallest absolute Gasteiger partial charge is 0.228 e. The van der Waals surface area contributed by atoms with Gasteiger partial charge in [-0.15, -0.1) is 0 Å². The van der Waals surface area contributed by atoms with E-state index >= 15 is 0 Å². The van der Waals surface area contributed by atoms with Crippen LogP contribution in [0, 0.1) is 0 Å². The maximum absolute atomic E-state index is 12.6. The summed E-state index contributed by atoms with van der Waals surface area (Å²) in [6.45, 7) is 3.50. The zero-order valence-electron chi connectivity index (χ0n) is 19.7. The Hall–Kier alpha value is -2.87. The molecule has 1 fully saturated rings. The van der Waals surface area contributed by atoms with Crippen molar-refractivity contribution in [2.75, 3.05) is 38.7 Å². The van der Waals surface area contributed by atoms with Gasteiger partial charge in [0.05, 0.1) is 18.2 Å². The predicted octanol–water partition coefficient (Wildman–Crippen LogP) is 4.41. The Morgan fingerprint density at radius 2 is 1.91 bits per heavy atom. The van der Waals surface area contributed by atoms with Crippen molar-refractivity contribution >= 4 is 23.2 Å². The summed E-state index contributed by atoms with van der Waals surface area (Å²) in [6.07, 6.45) is 4.51. The molecule has 0 bridgehead atoms. The highest BCUT2D eigenvalue weighted by Crippen LogP contribution is 2.32. The van der Waals surface area contributed by atoms with Gasteiger partial charge in [-0.3, -0.25) is 14.4 Å². The fourth-order valence-electron chi connectivity index (χ4n) is 4.22. The summed E-state index contributed by atoms with van der Waals surface area (Å²) in [6, 6.07) is 15.0. The van der Waals surface area contributed by atoms with Crippen LogP contribution in [-0.4, -0.2) is 60.0 Å². The van der Waals surface area contributed by atoms with E-state index in [-0.39, 0.29) is 12.3 Å². The highest BCUT2D eigenvalue weighted by molar-refractivity contribution is 6.30. The minimum atomic E-state index is -0.0913. The predicted molar refractivity (Wildman–Crippen MR) is 134 cm³/mol. The zero-order chi connectivity index (χ0) is 23.9. The minimum Gasteiger partial charge on any atom is -0.492 e. The Bertz CT molecular complexity index is 1090. The van der Waals surface area contributed by atoms with Crippen molar-refractivity contribution in [2.45, 2.75) is 25.4 Å². The molecule has 1 aromatic heterocycles. The number of carbonyl (C=O) groups excluding carboxylic acids is 1. The number of hydrogen-bond donors (Lipinski definition) is 1. The highest BCUT2D eigenvalue weighted by Gasteiger charge is 2.19. The number of piperidine rings is 1. The normalized spacial score (nSPS) is 14.8. The van der Waals surface area contributed by atoms with Crippen LogP contribution in [0.4, 0.5) is 5.69 Å². The summed E-state index contributed by atoms with van der Waals surface area (Å²) in [5.41, 5.74) is 3.43. The van der Waals surface area contributed by atoms with E-state index in [9.17, 15) is 4.79 Å². The van der Waals surface area contributed by atoms with Gasteiger partial charge in [-0.25, -0.2) is 0 Å². The third-order valence-electron chi connectivity index (χ3n) is 6.17. The van der Waals surface area contributed by atoms with E-state index in [0.29, 0.717) is 23.4 Å². The molecule has 8 heteroatoms. The first-order valence-corrected chi connectivity index (χ1v) is 11.9. The number of likely N-dealkylation sites (tertiary alicyclic amines) is 1. The summed E-state index contributed by atoms with van der Waals surface area (Å²) in [5, 5.41) is 7.95. The fourth-order valence-corrected chi connectivity index (χ4v) is 4.34. The lowest BCUT2D eigenvalue weighted by Gasteiger charge is -2.31. The molecule has 2 aromatic carbocycles. The van der Waals surface area contributed by atoms with E-state index in [1.807, 2.05) is 43.4 Å². The van der Waals surface area contributed by atoms with Gasteiger partial charge in [0.15, 0.2) is 0 Å². The van der Waals surface area contributed by atoms with Gasteiger partial charge in [-0.1, -0.05) is 23.7 Å². The third-order valence-corrected chi connectivity index (χ3v) is 6.42. The number of amides is 1. The zero-order valence-corrected chi connectivity index (χ0v) is 20.4. The molecule has 0 unspecified atom stereocenters. The maximum Gasteiger partial charge on any atom is 0.228 e. The number of ether oxygens (including phenoxy) is 2. The summed E-state index contributed by atoms with van der Waals surface area (Å²) in [5.74, 6) is 0.678. The number of nitrogens with zero attached hydrogens (tertiary/aromatic N) is 3. The van der Waals surface area contributed by atoms with Crippen molar-refractivity contribution in [3.63, 3.8) is 0 Å². The second-order valence-electron chi connectivity index (χ2n) is 8.53. The van der Waals surface area contributed by atoms with Gasteiger partial charge < -0.3 is 14.8 Å². The van der Waals surface area contributed by atoms with E-state index in [4.69, 9.17) is 21.1 Å². The van der Waals surface area contributed by atoms with Crippen LogP contribution in [0.3, 0.4) is 0 Å². The molecule has 1 aliphatic heterocycles. The average Bonchev–Trinajstić information content (AvgIpc) is 3.27. The molecule has 4 rings (SSSR count). The van der Waals surface area contributed by atoms with E-state index in [1.165, 1.54) is 0 Å².